The highest BCUT2D eigenvalue weighted by Crippen LogP contribution is 2.21. The van der Waals surface area contributed by atoms with Gasteiger partial charge in [-0.15, -0.1) is 0 Å². The van der Waals surface area contributed by atoms with Gasteiger partial charge in [0.15, 0.2) is 0 Å². The molecule has 8 heteroatoms. The number of hydrogen-bond donors (Lipinski definition) is 2. The number of nitrogens with two attached hydrogens (primary N) is 1. The van der Waals surface area contributed by atoms with Crippen molar-refractivity contribution in [1.29, 1.82) is 0 Å². The molecule has 2 rings (SSSR count). The van der Waals surface area contributed by atoms with Crippen molar-refractivity contribution in [2.24, 2.45) is 5.73 Å². The minimum atomic E-state index is -0.479. The lowest BCUT2D eigenvalue weighted by Gasteiger charge is -2.06. The van der Waals surface area contributed by atoms with Gasteiger partial charge in [-0.25, -0.2) is 4.98 Å². The minimum Gasteiger partial charge on any atom is -0.335 e. The zero-order valence-corrected chi connectivity index (χ0v) is 11.4. The van der Waals surface area contributed by atoms with Crippen LogP contribution in [0.4, 0.5) is 11.4 Å². The summed E-state index contributed by atoms with van der Waals surface area (Å²) < 4.78 is 1.72. The molecular formula is C13H15N5O3. The average Bonchev–Trinajstić information content (AvgIpc) is 2.90. The Kier molecular flexibility index (Phi) is 4.29. The van der Waals surface area contributed by atoms with Gasteiger partial charge in [-0.3, -0.25) is 14.9 Å². The number of imidazole rings is 1. The number of nitro benzene ring substituents is 1. The molecule has 0 saturated heterocycles. The number of carbonyl (C=O) groups excluding carboxylic acids is 1. The molecule has 3 N–H and O–H groups in total. The second-order valence-corrected chi connectivity index (χ2v) is 4.50. The normalized spacial score (nSPS) is 10.4. The molecule has 110 valence electrons. The monoisotopic (exact) mass is 289 g/mol. The SMILES string of the molecule is Cc1cc([N+](=O)[O-])ccc1NC(=O)c1cn(CCN)cn1. The summed E-state index contributed by atoms with van der Waals surface area (Å²) in [6, 6.07) is 4.25. The van der Waals surface area contributed by atoms with Crippen LogP contribution in [-0.4, -0.2) is 26.9 Å². The van der Waals surface area contributed by atoms with Gasteiger partial charge < -0.3 is 15.6 Å². The Morgan fingerprint density at radius 1 is 1.52 bits per heavy atom. The molecule has 0 radical (unpaired) electrons. The fraction of sp³-hybridized carbons (Fsp3) is 0.231. The number of rotatable bonds is 5. The number of nitro groups is 1. The van der Waals surface area contributed by atoms with E-state index in [-0.39, 0.29) is 17.3 Å². The zero-order valence-electron chi connectivity index (χ0n) is 11.4. The van der Waals surface area contributed by atoms with Crippen LogP contribution >= 0.6 is 0 Å². The molecule has 0 aliphatic rings. The number of hydrogen-bond acceptors (Lipinski definition) is 5. The lowest BCUT2D eigenvalue weighted by molar-refractivity contribution is -0.384. The molecule has 0 fully saturated rings. The van der Waals surface area contributed by atoms with Crippen molar-refractivity contribution < 1.29 is 9.72 Å². The number of aromatic nitrogens is 2. The summed E-state index contributed by atoms with van der Waals surface area (Å²) in [5.41, 5.74) is 6.80. The highest BCUT2D eigenvalue weighted by molar-refractivity contribution is 6.03. The van der Waals surface area contributed by atoms with Gasteiger partial charge in [-0.1, -0.05) is 0 Å². The van der Waals surface area contributed by atoms with Crippen molar-refractivity contribution in [3.63, 3.8) is 0 Å². The van der Waals surface area contributed by atoms with Gasteiger partial charge in [-0.05, 0) is 18.6 Å². The van der Waals surface area contributed by atoms with E-state index in [2.05, 4.69) is 10.3 Å². The van der Waals surface area contributed by atoms with E-state index in [1.54, 1.807) is 17.7 Å². The molecule has 2 aromatic rings. The van der Waals surface area contributed by atoms with E-state index in [0.717, 1.165) is 0 Å². The van der Waals surface area contributed by atoms with E-state index in [0.29, 0.717) is 24.3 Å². The molecule has 0 atom stereocenters. The summed E-state index contributed by atoms with van der Waals surface area (Å²) in [6.45, 7) is 2.73. The van der Waals surface area contributed by atoms with Crippen LogP contribution in [0.3, 0.4) is 0 Å². The van der Waals surface area contributed by atoms with Crippen molar-refractivity contribution in [2.45, 2.75) is 13.5 Å². The van der Waals surface area contributed by atoms with E-state index in [1.807, 2.05) is 0 Å². The van der Waals surface area contributed by atoms with E-state index < -0.39 is 4.92 Å². The van der Waals surface area contributed by atoms with Crippen molar-refractivity contribution in [2.75, 3.05) is 11.9 Å². The molecule has 1 heterocycles. The fourth-order valence-corrected chi connectivity index (χ4v) is 1.84. The Bertz CT molecular complexity index is 680. The van der Waals surface area contributed by atoms with Crippen LogP contribution in [0.25, 0.3) is 0 Å². The fourth-order valence-electron chi connectivity index (χ4n) is 1.84. The van der Waals surface area contributed by atoms with Crippen LogP contribution in [-0.2, 0) is 6.54 Å². The van der Waals surface area contributed by atoms with Gasteiger partial charge in [-0.2, -0.15) is 0 Å². The van der Waals surface area contributed by atoms with Gasteiger partial charge in [0.25, 0.3) is 11.6 Å². The van der Waals surface area contributed by atoms with Gasteiger partial charge in [0, 0.05) is 37.1 Å². The summed E-state index contributed by atoms with van der Waals surface area (Å²) in [5.74, 6) is -0.372. The third-order valence-electron chi connectivity index (χ3n) is 2.92. The third kappa shape index (κ3) is 3.42. The van der Waals surface area contributed by atoms with E-state index in [1.165, 1.54) is 24.5 Å². The summed E-state index contributed by atoms with van der Waals surface area (Å²) in [4.78, 5) is 26.2. The second-order valence-electron chi connectivity index (χ2n) is 4.50. The maximum Gasteiger partial charge on any atom is 0.275 e. The standard InChI is InChI=1S/C13H15N5O3/c1-9-6-10(18(20)21)2-3-11(9)16-13(19)12-7-17(5-4-14)8-15-12/h2-3,6-8H,4-5,14H2,1H3,(H,16,19). The Hall–Kier alpha value is -2.74. The predicted molar refractivity (Wildman–Crippen MR) is 77.1 cm³/mol. The van der Waals surface area contributed by atoms with Crippen molar-refractivity contribution >= 4 is 17.3 Å². The number of nitrogens with zero attached hydrogens (tertiary/aromatic N) is 3. The van der Waals surface area contributed by atoms with Gasteiger partial charge >= 0.3 is 0 Å². The predicted octanol–water partition coefficient (Wildman–Crippen LogP) is 1.31. The first-order valence-corrected chi connectivity index (χ1v) is 6.29. The second kappa shape index (κ2) is 6.14. The summed E-state index contributed by atoms with van der Waals surface area (Å²) >= 11 is 0. The lowest BCUT2D eigenvalue weighted by Crippen LogP contribution is -2.13. The number of benzene rings is 1. The minimum absolute atomic E-state index is 0.0160. The summed E-state index contributed by atoms with van der Waals surface area (Å²) in [5, 5.41) is 13.3. The van der Waals surface area contributed by atoms with Crippen LogP contribution in [0.5, 0.6) is 0 Å². The number of amides is 1. The molecule has 1 aromatic carbocycles. The first-order valence-electron chi connectivity index (χ1n) is 6.29. The molecule has 21 heavy (non-hydrogen) atoms. The van der Waals surface area contributed by atoms with Crippen LogP contribution in [0.2, 0.25) is 0 Å². The van der Waals surface area contributed by atoms with E-state index >= 15 is 0 Å². The molecule has 1 amide bonds. The molecule has 1 aromatic heterocycles. The maximum atomic E-state index is 12.1. The third-order valence-corrected chi connectivity index (χ3v) is 2.92. The Morgan fingerprint density at radius 2 is 2.29 bits per heavy atom. The first-order chi connectivity index (χ1) is 10.0. The Labute approximate surface area is 120 Å². The number of nitrogens with one attached hydrogen (secondary N) is 1. The van der Waals surface area contributed by atoms with Crippen molar-refractivity contribution in [3.05, 3.63) is 52.1 Å². The van der Waals surface area contributed by atoms with Crippen LogP contribution in [0.1, 0.15) is 16.1 Å². The van der Waals surface area contributed by atoms with Crippen LogP contribution in [0.15, 0.2) is 30.7 Å². The van der Waals surface area contributed by atoms with Crippen molar-refractivity contribution in [1.82, 2.24) is 9.55 Å². The van der Waals surface area contributed by atoms with Crippen LogP contribution in [0, 0.1) is 17.0 Å². The Balaban J connectivity index is 2.13. The molecule has 0 bridgehead atoms. The van der Waals surface area contributed by atoms with Crippen LogP contribution < -0.4 is 11.1 Å². The van der Waals surface area contributed by atoms with Gasteiger partial charge in [0.2, 0.25) is 0 Å². The molecule has 0 spiro atoms. The summed E-state index contributed by atoms with van der Waals surface area (Å²) in [6.07, 6.45) is 3.13. The number of non-ortho nitro benzene ring substituents is 1. The number of carbonyl (C=O) groups is 1. The zero-order chi connectivity index (χ0) is 15.4. The molecule has 0 aliphatic carbocycles. The maximum absolute atomic E-state index is 12.1. The van der Waals surface area contributed by atoms with Gasteiger partial charge in [0.05, 0.1) is 11.3 Å². The molecular weight excluding hydrogens is 274 g/mol. The number of aryl methyl sites for hydroxylation is 1. The topological polar surface area (TPSA) is 116 Å². The first kappa shape index (κ1) is 14.7. The number of anilines is 1. The van der Waals surface area contributed by atoms with E-state index in [4.69, 9.17) is 5.73 Å². The smallest absolute Gasteiger partial charge is 0.275 e. The molecule has 8 nitrogen and oxygen atoms in total. The average molecular weight is 289 g/mol. The molecule has 0 saturated carbocycles. The Morgan fingerprint density at radius 3 is 2.90 bits per heavy atom. The lowest BCUT2D eigenvalue weighted by atomic mass is 10.2. The highest BCUT2D eigenvalue weighted by atomic mass is 16.6. The summed E-state index contributed by atoms with van der Waals surface area (Å²) in [7, 11) is 0. The van der Waals surface area contributed by atoms with Crippen molar-refractivity contribution in [3.8, 4) is 0 Å². The quantitative estimate of drug-likeness (QED) is 0.636. The molecule has 0 aliphatic heterocycles. The van der Waals surface area contributed by atoms with E-state index in [9.17, 15) is 14.9 Å². The largest absolute Gasteiger partial charge is 0.335 e. The molecule has 0 unspecified atom stereocenters. The van der Waals surface area contributed by atoms with Gasteiger partial charge in [0.1, 0.15) is 5.69 Å². The highest BCUT2D eigenvalue weighted by Gasteiger charge is 2.13.